The molecule has 1 amide bonds. The van der Waals surface area contributed by atoms with Gasteiger partial charge in [-0.3, -0.25) is 4.79 Å². The summed E-state index contributed by atoms with van der Waals surface area (Å²) >= 11 is 0. The highest BCUT2D eigenvalue weighted by molar-refractivity contribution is 5.81. The average molecular weight is 419 g/mol. The highest BCUT2D eigenvalue weighted by Crippen LogP contribution is 2.40. The van der Waals surface area contributed by atoms with Crippen molar-refractivity contribution < 1.29 is 18.0 Å². The third-order valence-corrected chi connectivity index (χ3v) is 5.42. The zero-order valence-corrected chi connectivity index (χ0v) is 16.8. The van der Waals surface area contributed by atoms with Crippen LogP contribution in [0.5, 0.6) is 0 Å². The van der Waals surface area contributed by atoms with Gasteiger partial charge < -0.3 is 16.4 Å². The third-order valence-electron chi connectivity index (χ3n) is 5.42. The highest BCUT2D eigenvalue weighted by Gasteiger charge is 2.37. The lowest BCUT2D eigenvalue weighted by Crippen LogP contribution is -2.40. The summed E-state index contributed by atoms with van der Waals surface area (Å²) in [5.41, 5.74) is 6.96. The molecule has 3 atom stereocenters. The lowest BCUT2D eigenvalue weighted by atomic mass is 10.1. The van der Waals surface area contributed by atoms with Gasteiger partial charge in [0.2, 0.25) is 5.91 Å². The summed E-state index contributed by atoms with van der Waals surface area (Å²) in [5.74, 6) is 0.252. The van der Waals surface area contributed by atoms with Crippen molar-refractivity contribution in [2.75, 3.05) is 6.54 Å². The minimum Gasteiger partial charge on any atom is -0.351 e. The first-order valence-electron chi connectivity index (χ1n) is 10.3. The third kappa shape index (κ3) is 6.57. The van der Waals surface area contributed by atoms with Gasteiger partial charge in [-0.05, 0) is 49.1 Å². The zero-order chi connectivity index (χ0) is 21.6. The van der Waals surface area contributed by atoms with E-state index in [1.54, 1.807) is 6.07 Å². The van der Waals surface area contributed by atoms with Crippen LogP contribution in [0, 0.1) is 0 Å². The summed E-state index contributed by atoms with van der Waals surface area (Å²) < 4.78 is 38.2. The second-order valence-corrected chi connectivity index (χ2v) is 7.83. The molecule has 0 radical (unpaired) electrons. The van der Waals surface area contributed by atoms with E-state index in [0.29, 0.717) is 23.9 Å². The van der Waals surface area contributed by atoms with E-state index in [4.69, 9.17) is 5.73 Å². The number of hydrogen-bond donors (Lipinski definition) is 3. The number of unbranched alkanes of at least 4 members (excludes halogenated alkanes) is 1. The molecule has 2 aromatic rings. The first-order chi connectivity index (χ1) is 14.3. The number of carbonyl (C=O) groups excluding carboxylic acids is 1. The maximum absolute atomic E-state index is 12.7. The van der Waals surface area contributed by atoms with Gasteiger partial charge in [0.1, 0.15) is 0 Å². The van der Waals surface area contributed by atoms with Gasteiger partial charge in [0.15, 0.2) is 0 Å². The normalized spacial score (nSPS) is 19.3. The summed E-state index contributed by atoms with van der Waals surface area (Å²) in [5, 5.41) is 6.16. The molecule has 30 heavy (non-hydrogen) atoms. The first-order valence-corrected chi connectivity index (χ1v) is 10.3. The molecular formula is C23H28F3N3O. The molecule has 0 heterocycles. The molecular weight excluding hydrogens is 391 g/mol. The summed E-state index contributed by atoms with van der Waals surface area (Å²) in [6.07, 6.45) is -0.961. The minimum absolute atomic E-state index is 0.0283. The fourth-order valence-corrected chi connectivity index (χ4v) is 3.57. The van der Waals surface area contributed by atoms with Crippen LogP contribution in [-0.4, -0.2) is 24.5 Å². The van der Waals surface area contributed by atoms with Crippen LogP contribution in [-0.2, 0) is 17.5 Å². The standard InChI is InChI=1S/C23H28F3N3O/c24-23(25,26)18-10-6-7-16(13-18)15-29-22(30)20(27)11-4-5-12-28-21-14-19(21)17-8-2-1-3-9-17/h1-3,6-10,13,19-21,28H,4-5,11-12,14-15,27H2,(H,29,30)/t19-,20?,21+/m0/s1. The number of hydrogen-bond acceptors (Lipinski definition) is 3. The van der Waals surface area contributed by atoms with E-state index in [0.717, 1.165) is 37.9 Å². The monoisotopic (exact) mass is 419 g/mol. The molecule has 0 saturated heterocycles. The van der Waals surface area contributed by atoms with Gasteiger partial charge in [0.05, 0.1) is 11.6 Å². The fourth-order valence-electron chi connectivity index (χ4n) is 3.57. The van der Waals surface area contributed by atoms with Gasteiger partial charge in [-0.15, -0.1) is 0 Å². The Morgan fingerprint density at radius 1 is 1.10 bits per heavy atom. The quantitative estimate of drug-likeness (QED) is 0.511. The van der Waals surface area contributed by atoms with E-state index in [1.807, 2.05) is 6.07 Å². The van der Waals surface area contributed by atoms with Crippen LogP contribution in [0.15, 0.2) is 54.6 Å². The van der Waals surface area contributed by atoms with Crippen molar-refractivity contribution in [2.45, 2.75) is 56.4 Å². The van der Waals surface area contributed by atoms with E-state index in [9.17, 15) is 18.0 Å². The number of amides is 1. The summed E-state index contributed by atoms with van der Waals surface area (Å²) in [4.78, 5) is 12.1. The average Bonchev–Trinajstić information content (AvgIpc) is 3.51. The van der Waals surface area contributed by atoms with Crippen LogP contribution in [0.4, 0.5) is 13.2 Å². The molecule has 3 rings (SSSR count). The van der Waals surface area contributed by atoms with Crippen molar-refractivity contribution in [2.24, 2.45) is 5.73 Å². The number of nitrogens with two attached hydrogens (primary N) is 1. The predicted octanol–water partition coefficient (Wildman–Crippen LogP) is 3.96. The molecule has 0 aromatic heterocycles. The largest absolute Gasteiger partial charge is 0.416 e. The number of halogens is 3. The molecule has 4 nitrogen and oxygen atoms in total. The molecule has 4 N–H and O–H groups in total. The Labute approximate surface area is 175 Å². The van der Waals surface area contributed by atoms with Gasteiger partial charge in [0, 0.05) is 18.5 Å². The van der Waals surface area contributed by atoms with Gasteiger partial charge in [0.25, 0.3) is 0 Å². The number of alkyl halides is 3. The summed E-state index contributed by atoms with van der Waals surface area (Å²) in [7, 11) is 0. The predicted molar refractivity (Wildman–Crippen MR) is 111 cm³/mol. The van der Waals surface area contributed by atoms with Crippen molar-refractivity contribution in [3.8, 4) is 0 Å². The first kappa shape index (κ1) is 22.3. The Hall–Kier alpha value is -2.38. The van der Waals surface area contributed by atoms with Gasteiger partial charge in [-0.2, -0.15) is 13.2 Å². The molecule has 1 fully saturated rings. The lowest BCUT2D eigenvalue weighted by molar-refractivity contribution is -0.137. The van der Waals surface area contributed by atoms with E-state index in [1.165, 1.54) is 11.6 Å². The Bertz CT molecular complexity index is 826. The summed E-state index contributed by atoms with van der Waals surface area (Å²) in [6.45, 7) is 0.910. The van der Waals surface area contributed by atoms with Crippen LogP contribution in [0.1, 0.15) is 48.3 Å². The smallest absolute Gasteiger partial charge is 0.351 e. The maximum atomic E-state index is 12.7. The van der Waals surface area contributed by atoms with E-state index in [2.05, 4.69) is 34.9 Å². The van der Waals surface area contributed by atoms with E-state index < -0.39 is 17.8 Å². The summed E-state index contributed by atoms with van der Waals surface area (Å²) in [6, 6.07) is 15.2. The second kappa shape index (κ2) is 10.1. The van der Waals surface area contributed by atoms with Gasteiger partial charge >= 0.3 is 6.18 Å². The van der Waals surface area contributed by atoms with Crippen molar-refractivity contribution in [1.82, 2.24) is 10.6 Å². The number of carbonyl (C=O) groups is 1. The molecule has 2 aromatic carbocycles. The molecule has 1 aliphatic carbocycles. The lowest BCUT2D eigenvalue weighted by Gasteiger charge is -2.13. The topological polar surface area (TPSA) is 67.1 Å². The molecule has 0 spiro atoms. The highest BCUT2D eigenvalue weighted by atomic mass is 19.4. The van der Waals surface area contributed by atoms with Gasteiger partial charge in [-0.1, -0.05) is 48.9 Å². The molecule has 1 unspecified atom stereocenters. The molecule has 0 aliphatic heterocycles. The second-order valence-electron chi connectivity index (χ2n) is 7.83. The number of rotatable bonds is 10. The Kier molecular flexibility index (Phi) is 7.50. The Morgan fingerprint density at radius 3 is 2.60 bits per heavy atom. The minimum atomic E-state index is -4.40. The van der Waals surface area contributed by atoms with Crippen LogP contribution >= 0.6 is 0 Å². The number of nitrogens with one attached hydrogen (secondary N) is 2. The number of benzene rings is 2. The molecule has 7 heteroatoms. The van der Waals surface area contributed by atoms with E-state index in [-0.39, 0.29) is 12.5 Å². The Morgan fingerprint density at radius 2 is 1.87 bits per heavy atom. The van der Waals surface area contributed by atoms with Crippen molar-refractivity contribution in [3.05, 3.63) is 71.3 Å². The fraction of sp³-hybridized carbons (Fsp3) is 0.435. The zero-order valence-electron chi connectivity index (χ0n) is 16.8. The molecule has 1 aliphatic rings. The van der Waals surface area contributed by atoms with Crippen molar-refractivity contribution >= 4 is 5.91 Å². The van der Waals surface area contributed by atoms with Crippen LogP contribution in [0.25, 0.3) is 0 Å². The van der Waals surface area contributed by atoms with Crippen LogP contribution in [0.2, 0.25) is 0 Å². The van der Waals surface area contributed by atoms with Crippen molar-refractivity contribution in [3.63, 3.8) is 0 Å². The maximum Gasteiger partial charge on any atom is 0.416 e. The molecule has 0 bridgehead atoms. The van der Waals surface area contributed by atoms with Crippen LogP contribution < -0.4 is 16.4 Å². The van der Waals surface area contributed by atoms with Crippen molar-refractivity contribution in [1.29, 1.82) is 0 Å². The Balaban J connectivity index is 1.29. The van der Waals surface area contributed by atoms with Gasteiger partial charge in [-0.25, -0.2) is 0 Å². The van der Waals surface area contributed by atoms with Crippen LogP contribution in [0.3, 0.4) is 0 Å². The van der Waals surface area contributed by atoms with E-state index >= 15 is 0 Å². The molecule has 162 valence electrons. The SMILES string of the molecule is NC(CCCCN[C@@H]1C[C@H]1c1ccccc1)C(=O)NCc1cccc(C(F)(F)F)c1. The molecule has 1 saturated carbocycles.